The van der Waals surface area contributed by atoms with Crippen molar-refractivity contribution in [3.05, 3.63) is 47.9 Å². The summed E-state index contributed by atoms with van der Waals surface area (Å²) >= 11 is 0. The number of morpholine rings is 1. The Kier molecular flexibility index (Phi) is 4.93. The van der Waals surface area contributed by atoms with Gasteiger partial charge in [-0.2, -0.15) is 0 Å². The number of rotatable bonds is 5. The predicted octanol–water partition coefficient (Wildman–Crippen LogP) is 0.625. The first-order valence-corrected chi connectivity index (χ1v) is 8.90. The standard InChI is InChI=1S/C15H17N3O5S/c19-15(18-6-9-22-10-7-18)12-1-3-14(4-2-12)24(20,21)16-11-13-5-8-23-17-13/h1-5,8,16H,6-7,9-11H2. The lowest BCUT2D eigenvalue weighted by Gasteiger charge is -2.26. The highest BCUT2D eigenvalue weighted by molar-refractivity contribution is 7.89. The maximum atomic E-state index is 12.3. The zero-order valence-electron chi connectivity index (χ0n) is 12.8. The fourth-order valence-electron chi connectivity index (χ4n) is 2.31. The summed E-state index contributed by atoms with van der Waals surface area (Å²) in [6.45, 7) is 2.15. The number of carbonyl (C=O) groups excluding carboxylic acids is 1. The van der Waals surface area contributed by atoms with Crippen LogP contribution in [0.15, 0.2) is 46.0 Å². The van der Waals surface area contributed by atoms with E-state index in [1.807, 2.05) is 0 Å². The SMILES string of the molecule is O=C(c1ccc(S(=O)(=O)NCc2ccon2)cc1)N1CCOCC1. The Hall–Kier alpha value is -2.23. The molecule has 8 nitrogen and oxygen atoms in total. The van der Waals surface area contributed by atoms with Crippen LogP contribution in [0, 0.1) is 0 Å². The number of benzene rings is 1. The second-order valence-corrected chi connectivity index (χ2v) is 7.01. The minimum atomic E-state index is -3.68. The third-order valence-corrected chi connectivity index (χ3v) is 5.06. The summed E-state index contributed by atoms with van der Waals surface area (Å²) in [5.41, 5.74) is 0.935. The van der Waals surface area contributed by atoms with Crippen LogP contribution >= 0.6 is 0 Å². The van der Waals surface area contributed by atoms with Gasteiger partial charge in [-0.05, 0) is 24.3 Å². The van der Waals surface area contributed by atoms with E-state index in [2.05, 4.69) is 14.4 Å². The molecule has 0 saturated carbocycles. The molecule has 0 atom stereocenters. The summed E-state index contributed by atoms with van der Waals surface area (Å²) in [6, 6.07) is 7.44. The van der Waals surface area contributed by atoms with Gasteiger partial charge in [0.2, 0.25) is 10.0 Å². The molecule has 0 bridgehead atoms. The second-order valence-electron chi connectivity index (χ2n) is 5.24. The number of amides is 1. The molecule has 2 heterocycles. The number of hydrogen-bond donors (Lipinski definition) is 1. The first kappa shape index (κ1) is 16.6. The van der Waals surface area contributed by atoms with Crippen LogP contribution < -0.4 is 4.72 Å². The fraction of sp³-hybridized carbons (Fsp3) is 0.333. The Morgan fingerprint density at radius 3 is 2.50 bits per heavy atom. The van der Waals surface area contributed by atoms with Crippen LogP contribution in [0.25, 0.3) is 0 Å². The number of carbonyl (C=O) groups is 1. The van der Waals surface area contributed by atoms with Gasteiger partial charge in [0.05, 0.1) is 30.3 Å². The second kappa shape index (κ2) is 7.12. The van der Waals surface area contributed by atoms with Gasteiger partial charge in [0.25, 0.3) is 5.91 Å². The minimum Gasteiger partial charge on any atom is -0.378 e. The summed E-state index contributed by atoms with van der Waals surface area (Å²) in [7, 11) is -3.68. The molecule has 2 aromatic rings. The van der Waals surface area contributed by atoms with Crippen LogP contribution in [0.2, 0.25) is 0 Å². The van der Waals surface area contributed by atoms with Crippen molar-refractivity contribution in [3.8, 4) is 0 Å². The Morgan fingerprint density at radius 1 is 1.17 bits per heavy atom. The highest BCUT2D eigenvalue weighted by Crippen LogP contribution is 2.13. The van der Waals surface area contributed by atoms with E-state index >= 15 is 0 Å². The summed E-state index contributed by atoms with van der Waals surface area (Å²) in [5.74, 6) is -0.127. The first-order valence-electron chi connectivity index (χ1n) is 7.42. The third kappa shape index (κ3) is 3.81. The summed E-state index contributed by atoms with van der Waals surface area (Å²) < 4.78 is 36.7. The van der Waals surface area contributed by atoms with Gasteiger partial charge in [-0.15, -0.1) is 0 Å². The molecule has 0 aliphatic carbocycles. The molecular weight excluding hydrogens is 334 g/mol. The van der Waals surface area contributed by atoms with Gasteiger partial charge >= 0.3 is 0 Å². The van der Waals surface area contributed by atoms with Crippen LogP contribution in [-0.2, 0) is 21.3 Å². The van der Waals surface area contributed by atoms with Crippen LogP contribution in [0.5, 0.6) is 0 Å². The molecule has 0 unspecified atom stereocenters. The molecule has 1 aromatic heterocycles. The molecule has 1 saturated heterocycles. The Morgan fingerprint density at radius 2 is 1.88 bits per heavy atom. The summed E-state index contributed by atoms with van der Waals surface area (Å²) in [6.07, 6.45) is 1.37. The largest absolute Gasteiger partial charge is 0.378 e. The third-order valence-electron chi connectivity index (χ3n) is 3.64. The molecule has 24 heavy (non-hydrogen) atoms. The number of sulfonamides is 1. The van der Waals surface area contributed by atoms with Crippen LogP contribution in [-0.4, -0.2) is 50.7 Å². The van der Waals surface area contributed by atoms with E-state index in [0.717, 1.165) is 0 Å². The lowest BCUT2D eigenvalue weighted by Crippen LogP contribution is -2.40. The van der Waals surface area contributed by atoms with E-state index < -0.39 is 10.0 Å². The van der Waals surface area contributed by atoms with E-state index in [-0.39, 0.29) is 17.3 Å². The molecule has 1 aromatic carbocycles. The number of nitrogens with one attached hydrogen (secondary N) is 1. The predicted molar refractivity (Wildman–Crippen MR) is 83.7 cm³/mol. The van der Waals surface area contributed by atoms with Crippen molar-refractivity contribution in [3.63, 3.8) is 0 Å². The van der Waals surface area contributed by atoms with Gasteiger partial charge < -0.3 is 14.2 Å². The van der Waals surface area contributed by atoms with E-state index in [9.17, 15) is 13.2 Å². The molecule has 1 aliphatic rings. The van der Waals surface area contributed by atoms with Gasteiger partial charge in [0, 0.05) is 24.7 Å². The summed E-state index contributed by atoms with van der Waals surface area (Å²) in [5, 5.41) is 3.64. The number of ether oxygens (including phenoxy) is 1. The highest BCUT2D eigenvalue weighted by atomic mass is 32.2. The normalized spacial score (nSPS) is 15.4. The minimum absolute atomic E-state index is 0.0350. The molecule has 0 spiro atoms. The summed E-state index contributed by atoms with van der Waals surface area (Å²) in [4.78, 5) is 14.1. The van der Waals surface area contributed by atoms with Crippen molar-refractivity contribution in [1.29, 1.82) is 0 Å². The molecule has 128 valence electrons. The lowest BCUT2D eigenvalue weighted by atomic mass is 10.2. The first-order chi connectivity index (χ1) is 11.6. The smallest absolute Gasteiger partial charge is 0.254 e. The monoisotopic (exact) mass is 351 g/mol. The molecule has 1 aliphatic heterocycles. The Balaban J connectivity index is 1.67. The zero-order valence-corrected chi connectivity index (χ0v) is 13.7. The Labute approximate surface area is 139 Å². The number of aromatic nitrogens is 1. The Bertz CT molecular complexity index is 781. The van der Waals surface area contributed by atoms with Gasteiger partial charge in [-0.3, -0.25) is 4.79 Å². The fourth-order valence-corrected chi connectivity index (χ4v) is 3.31. The highest BCUT2D eigenvalue weighted by Gasteiger charge is 2.20. The van der Waals surface area contributed by atoms with E-state index in [0.29, 0.717) is 37.6 Å². The van der Waals surface area contributed by atoms with E-state index in [1.165, 1.54) is 30.5 Å². The topological polar surface area (TPSA) is 102 Å². The molecule has 1 amide bonds. The lowest BCUT2D eigenvalue weighted by molar-refractivity contribution is 0.0303. The maximum Gasteiger partial charge on any atom is 0.254 e. The van der Waals surface area contributed by atoms with E-state index in [1.54, 1.807) is 11.0 Å². The quantitative estimate of drug-likeness (QED) is 0.847. The zero-order chi connectivity index (χ0) is 17.0. The molecule has 1 N–H and O–H groups in total. The molecular formula is C15H17N3O5S. The van der Waals surface area contributed by atoms with Crippen LogP contribution in [0.1, 0.15) is 16.1 Å². The van der Waals surface area contributed by atoms with Crippen LogP contribution in [0.3, 0.4) is 0 Å². The van der Waals surface area contributed by atoms with Crippen molar-refractivity contribution in [2.45, 2.75) is 11.4 Å². The van der Waals surface area contributed by atoms with Crippen LogP contribution in [0.4, 0.5) is 0 Å². The maximum absolute atomic E-state index is 12.3. The molecule has 3 rings (SSSR count). The number of hydrogen-bond acceptors (Lipinski definition) is 6. The number of nitrogens with zero attached hydrogens (tertiary/aromatic N) is 2. The van der Waals surface area contributed by atoms with Gasteiger partial charge in [-0.1, -0.05) is 5.16 Å². The molecule has 9 heteroatoms. The van der Waals surface area contributed by atoms with Crippen molar-refractivity contribution in [1.82, 2.24) is 14.8 Å². The van der Waals surface area contributed by atoms with Gasteiger partial charge in [-0.25, -0.2) is 13.1 Å². The van der Waals surface area contributed by atoms with Gasteiger partial charge in [0.15, 0.2) is 0 Å². The average Bonchev–Trinajstić information content (AvgIpc) is 3.14. The van der Waals surface area contributed by atoms with Crippen molar-refractivity contribution in [2.75, 3.05) is 26.3 Å². The van der Waals surface area contributed by atoms with Crippen molar-refractivity contribution >= 4 is 15.9 Å². The van der Waals surface area contributed by atoms with E-state index in [4.69, 9.17) is 4.74 Å². The van der Waals surface area contributed by atoms with Gasteiger partial charge in [0.1, 0.15) is 6.26 Å². The van der Waals surface area contributed by atoms with Crippen molar-refractivity contribution < 1.29 is 22.5 Å². The average molecular weight is 351 g/mol. The van der Waals surface area contributed by atoms with Crippen molar-refractivity contribution in [2.24, 2.45) is 0 Å². The molecule has 1 fully saturated rings. The molecule has 0 radical (unpaired) electrons.